The maximum Gasteiger partial charge on any atom is 0.255 e. The van der Waals surface area contributed by atoms with Gasteiger partial charge >= 0.3 is 0 Å². The van der Waals surface area contributed by atoms with Gasteiger partial charge in [-0.1, -0.05) is 6.92 Å². The molecule has 0 aliphatic heterocycles. The molecule has 104 valence electrons. The van der Waals surface area contributed by atoms with Crippen LogP contribution in [0.4, 0.5) is 5.69 Å². The fourth-order valence-electron chi connectivity index (χ4n) is 2.26. The number of carbonyl (C=O) groups is 1. The van der Waals surface area contributed by atoms with Crippen LogP contribution in [0.2, 0.25) is 0 Å². The van der Waals surface area contributed by atoms with E-state index in [1.54, 1.807) is 12.4 Å². The van der Waals surface area contributed by atoms with E-state index in [9.17, 15) is 4.79 Å². The molecule has 19 heavy (non-hydrogen) atoms. The molecule has 0 spiro atoms. The summed E-state index contributed by atoms with van der Waals surface area (Å²) in [6.07, 6.45) is 6.79. The number of nitrogens with zero attached hydrogens (tertiary/aromatic N) is 1. The van der Waals surface area contributed by atoms with Crippen molar-refractivity contribution < 1.29 is 4.79 Å². The van der Waals surface area contributed by atoms with Crippen molar-refractivity contribution in [2.24, 2.45) is 5.92 Å². The van der Waals surface area contributed by atoms with Crippen molar-refractivity contribution in [1.29, 1.82) is 0 Å². The van der Waals surface area contributed by atoms with Gasteiger partial charge in [-0.15, -0.1) is 0 Å². The first kappa shape index (κ1) is 13.8. The summed E-state index contributed by atoms with van der Waals surface area (Å²) in [5.41, 5.74) is 1.36. The van der Waals surface area contributed by atoms with Crippen LogP contribution in [-0.4, -0.2) is 23.0 Å². The van der Waals surface area contributed by atoms with Gasteiger partial charge in [0.1, 0.15) is 0 Å². The molecule has 1 aromatic heterocycles. The predicted molar refractivity (Wildman–Crippen MR) is 77.3 cm³/mol. The van der Waals surface area contributed by atoms with Crippen LogP contribution in [0.3, 0.4) is 0 Å². The van der Waals surface area contributed by atoms with Crippen molar-refractivity contribution in [2.45, 2.75) is 45.6 Å². The summed E-state index contributed by atoms with van der Waals surface area (Å²) in [7, 11) is 0. The minimum Gasteiger partial charge on any atom is -0.384 e. The van der Waals surface area contributed by atoms with E-state index in [-0.39, 0.29) is 11.4 Å². The third kappa shape index (κ3) is 3.46. The summed E-state index contributed by atoms with van der Waals surface area (Å²) in [5, 5.41) is 6.41. The van der Waals surface area contributed by atoms with E-state index in [0.29, 0.717) is 11.5 Å². The zero-order valence-electron chi connectivity index (χ0n) is 12.0. The molecule has 4 nitrogen and oxygen atoms in total. The average Bonchev–Trinajstić information content (AvgIpc) is 3.20. The maximum atomic E-state index is 12.4. The second kappa shape index (κ2) is 5.59. The van der Waals surface area contributed by atoms with Crippen molar-refractivity contribution in [3.05, 3.63) is 24.0 Å². The molecule has 0 bridgehead atoms. The van der Waals surface area contributed by atoms with E-state index in [4.69, 9.17) is 0 Å². The number of hydrogen-bond donors (Lipinski definition) is 2. The van der Waals surface area contributed by atoms with Crippen molar-refractivity contribution in [1.82, 2.24) is 10.3 Å². The van der Waals surface area contributed by atoms with E-state index in [1.165, 1.54) is 12.8 Å². The molecule has 1 amide bonds. The van der Waals surface area contributed by atoms with Gasteiger partial charge in [-0.2, -0.15) is 0 Å². The van der Waals surface area contributed by atoms with Crippen molar-refractivity contribution in [3.8, 4) is 0 Å². The number of pyridine rings is 1. The first-order chi connectivity index (χ1) is 9.04. The Bertz CT molecular complexity index is 452. The molecular formula is C15H23N3O. The zero-order chi connectivity index (χ0) is 13.9. The van der Waals surface area contributed by atoms with E-state index >= 15 is 0 Å². The molecule has 1 aromatic rings. The Labute approximate surface area is 115 Å². The average molecular weight is 261 g/mol. The van der Waals surface area contributed by atoms with Crippen LogP contribution in [0.15, 0.2) is 18.5 Å². The second-order valence-corrected chi connectivity index (χ2v) is 5.80. The summed E-state index contributed by atoms with van der Waals surface area (Å²) in [5.74, 6) is 0.573. The summed E-state index contributed by atoms with van der Waals surface area (Å²) in [6, 6.07) is 1.86. The first-order valence-electron chi connectivity index (χ1n) is 7.05. The minimum absolute atomic E-state index is 0.0383. The van der Waals surface area contributed by atoms with Crippen molar-refractivity contribution in [3.63, 3.8) is 0 Å². The van der Waals surface area contributed by atoms with Crippen LogP contribution in [0, 0.1) is 5.92 Å². The van der Waals surface area contributed by atoms with Crippen LogP contribution in [0.25, 0.3) is 0 Å². The van der Waals surface area contributed by atoms with Gasteiger partial charge in [0.2, 0.25) is 0 Å². The largest absolute Gasteiger partial charge is 0.384 e. The summed E-state index contributed by atoms with van der Waals surface area (Å²) < 4.78 is 0. The molecule has 0 saturated heterocycles. The normalized spacial score (nSPS) is 15.1. The van der Waals surface area contributed by atoms with Gasteiger partial charge in [0.05, 0.1) is 11.3 Å². The molecule has 2 N–H and O–H groups in total. The van der Waals surface area contributed by atoms with Gasteiger partial charge < -0.3 is 10.6 Å². The fraction of sp³-hybridized carbons (Fsp3) is 0.600. The number of nitrogens with one attached hydrogen (secondary N) is 2. The second-order valence-electron chi connectivity index (χ2n) is 5.80. The highest BCUT2D eigenvalue weighted by molar-refractivity contribution is 5.99. The van der Waals surface area contributed by atoms with Crippen LogP contribution in [0.5, 0.6) is 0 Å². The SMILES string of the molecule is CCCNc1ccncc1C(=O)NC(C)(C)C1CC1. The fourth-order valence-corrected chi connectivity index (χ4v) is 2.26. The molecule has 1 saturated carbocycles. The standard InChI is InChI=1S/C15H23N3O/c1-4-8-17-13-7-9-16-10-12(13)14(19)18-15(2,3)11-5-6-11/h7,9-11H,4-6,8H2,1-3H3,(H,16,17)(H,18,19). The Morgan fingerprint density at radius 2 is 2.21 bits per heavy atom. The number of amides is 1. The summed E-state index contributed by atoms with van der Waals surface area (Å²) in [4.78, 5) is 16.4. The molecule has 1 aliphatic carbocycles. The molecular weight excluding hydrogens is 238 g/mol. The Morgan fingerprint density at radius 1 is 1.47 bits per heavy atom. The molecule has 1 aliphatic rings. The highest BCUT2D eigenvalue weighted by atomic mass is 16.1. The Morgan fingerprint density at radius 3 is 2.84 bits per heavy atom. The maximum absolute atomic E-state index is 12.4. The summed E-state index contributed by atoms with van der Waals surface area (Å²) >= 11 is 0. The highest BCUT2D eigenvalue weighted by Crippen LogP contribution is 2.39. The topological polar surface area (TPSA) is 54.0 Å². The lowest BCUT2D eigenvalue weighted by Crippen LogP contribution is -2.45. The van der Waals surface area contributed by atoms with Gasteiger partial charge in [0.25, 0.3) is 5.91 Å². The number of anilines is 1. The molecule has 2 rings (SSSR count). The number of hydrogen-bond acceptors (Lipinski definition) is 3. The lowest BCUT2D eigenvalue weighted by atomic mass is 9.98. The Kier molecular flexibility index (Phi) is 4.08. The molecule has 1 fully saturated rings. The molecule has 0 aromatic carbocycles. The van der Waals surface area contributed by atoms with Crippen LogP contribution < -0.4 is 10.6 Å². The van der Waals surface area contributed by atoms with Gasteiger partial charge in [0.15, 0.2) is 0 Å². The predicted octanol–water partition coefficient (Wildman–Crippen LogP) is 2.82. The first-order valence-corrected chi connectivity index (χ1v) is 7.05. The van der Waals surface area contributed by atoms with Gasteiger partial charge in [-0.25, -0.2) is 0 Å². The van der Waals surface area contributed by atoms with E-state index in [0.717, 1.165) is 18.7 Å². The van der Waals surface area contributed by atoms with E-state index in [2.05, 4.69) is 36.4 Å². The van der Waals surface area contributed by atoms with Crippen LogP contribution in [-0.2, 0) is 0 Å². The molecule has 4 heteroatoms. The van der Waals surface area contributed by atoms with Crippen LogP contribution >= 0.6 is 0 Å². The number of aromatic nitrogens is 1. The minimum atomic E-state index is -0.130. The third-order valence-corrected chi connectivity index (χ3v) is 3.66. The Balaban J connectivity index is 2.09. The zero-order valence-corrected chi connectivity index (χ0v) is 12.0. The smallest absolute Gasteiger partial charge is 0.255 e. The third-order valence-electron chi connectivity index (χ3n) is 3.66. The van der Waals surface area contributed by atoms with Crippen LogP contribution in [0.1, 0.15) is 50.4 Å². The lowest BCUT2D eigenvalue weighted by Gasteiger charge is -2.26. The van der Waals surface area contributed by atoms with E-state index in [1.807, 2.05) is 6.07 Å². The molecule has 0 radical (unpaired) electrons. The van der Waals surface area contributed by atoms with Crippen molar-refractivity contribution in [2.75, 3.05) is 11.9 Å². The van der Waals surface area contributed by atoms with Crippen molar-refractivity contribution >= 4 is 11.6 Å². The lowest BCUT2D eigenvalue weighted by molar-refractivity contribution is 0.0904. The van der Waals surface area contributed by atoms with E-state index < -0.39 is 0 Å². The summed E-state index contributed by atoms with van der Waals surface area (Å²) in [6.45, 7) is 7.15. The van der Waals surface area contributed by atoms with Gasteiger partial charge in [0, 0.05) is 24.5 Å². The highest BCUT2D eigenvalue weighted by Gasteiger charge is 2.39. The molecule has 0 unspecified atom stereocenters. The number of carbonyl (C=O) groups excluding carboxylic acids is 1. The monoisotopic (exact) mass is 261 g/mol. The number of rotatable bonds is 6. The van der Waals surface area contributed by atoms with Gasteiger partial charge in [-0.05, 0) is 45.1 Å². The van der Waals surface area contributed by atoms with Gasteiger partial charge in [-0.3, -0.25) is 9.78 Å². The molecule has 0 atom stereocenters. The molecule has 1 heterocycles. The quantitative estimate of drug-likeness (QED) is 0.828. The Hall–Kier alpha value is -1.58.